The molecule has 1 fully saturated rings. The van der Waals surface area contributed by atoms with Crippen LogP contribution in [0.1, 0.15) is 53.4 Å². The van der Waals surface area contributed by atoms with Gasteiger partial charge in [0, 0.05) is 0 Å². The van der Waals surface area contributed by atoms with Crippen molar-refractivity contribution in [2.75, 3.05) is 0 Å². The lowest BCUT2D eigenvalue weighted by Gasteiger charge is -2.09. The van der Waals surface area contributed by atoms with Gasteiger partial charge < -0.3 is 0 Å². The molecule has 0 nitrogen and oxygen atoms in total. The third-order valence-corrected chi connectivity index (χ3v) is 4.57. The first-order chi connectivity index (χ1) is 7.04. The fourth-order valence-corrected chi connectivity index (χ4v) is 3.37. The second-order valence-corrected chi connectivity index (χ2v) is 6.03. The van der Waals surface area contributed by atoms with Crippen LogP contribution in [0.3, 0.4) is 0 Å². The second kappa shape index (κ2) is 3.81. The van der Waals surface area contributed by atoms with E-state index in [0.717, 1.165) is 11.8 Å². The Morgan fingerprint density at radius 2 is 2.20 bits per heavy atom. The van der Waals surface area contributed by atoms with Crippen molar-refractivity contribution in [3.63, 3.8) is 0 Å². The van der Waals surface area contributed by atoms with Gasteiger partial charge in [0.15, 0.2) is 0 Å². The molecular weight excluding hydrogens is 180 g/mol. The van der Waals surface area contributed by atoms with Crippen molar-refractivity contribution in [3.8, 4) is 0 Å². The standard InChI is InChI=1S/C15H24/c1-11(2)6-5-9-15(4)13-8-7-12(3)10-14(13)15/h6-7,13-14H,5,8-10H2,1-4H3/t13-,14+,15+/m0/s1. The minimum absolute atomic E-state index is 0.667. The molecule has 0 saturated heterocycles. The Morgan fingerprint density at radius 1 is 1.47 bits per heavy atom. The van der Waals surface area contributed by atoms with E-state index < -0.39 is 0 Å². The summed E-state index contributed by atoms with van der Waals surface area (Å²) in [5.41, 5.74) is 3.76. The first-order valence-corrected chi connectivity index (χ1v) is 6.33. The maximum Gasteiger partial charge on any atom is -0.0254 e. The summed E-state index contributed by atoms with van der Waals surface area (Å²) in [6, 6.07) is 0. The van der Waals surface area contributed by atoms with Crippen molar-refractivity contribution in [3.05, 3.63) is 23.3 Å². The molecule has 0 aromatic rings. The first kappa shape index (κ1) is 11.0. The van der Waals surface area contributed by atoms with E-state index in [1.54, 1.807) is 5.57 Å². The summed E-state index contributed by atoms with van der Waals surface area (Å²) in [6.45, 7) is 9.21. The second-order valence-electron chi connectivity index (χ2n) is 6.03. The van der Waals surface area contributed by atoms with Gasteiger partial charge in [0.2, 0.25) is 0 Å². The maximum atomic E-state index is 2.51. The molecule has 0 heteroatoms. The highest BCUT2D eigenvalue weighted by molar-refractivity contribution is 5.20. The van der Waals surface area contributed by atoms with Crippen LogP contribution in [0.4, 0.5) is 0 Å². The zero-order valence-corrected chi connectivity index (χ0v) is 10.6. The molecule has 0 aliphatic heterocycles. The summed E-state index contributed by atoms with van der Waals surface area (Å²) >= 11 is 0. The molecule has 0 spiro atoms. The van der Waals surface area contributed by atoms with Crippen LogP contribution in [0, 0.1) is 17.3 Å². The fraction of sp³-hybridized carbons (Fsp3) is 0.733. The van der Waals surface area contributed by atoms with Crippen LogP contribution in [0.25, 0.3) is 0 Å². The van der Waals surface area contributed by atoms with E-state index in [1.165, 1.54) is 31.3 Å². The Morgan fingerprint density at radius 3 is 2.80 bits per heavy atom. The van der Waals surface area contributed by atoms with Gasteiger partial charge in [0.05, 0.1) is 0 Å². The number of hydrogen-bond donors (Lipinski definition) is 0. The summed E-state index contributed by atoms with van der Waals surface area (Å²) in [5.74, 6) is 2.01. The number of hydrogen-bond acceptors (Lipinski definition) is 0. The molecule has 2 aliphatic rings. The highest BCUT2D eigenvalue weighted by atomic mass is 14.6. The van der Waals surface area contributed by atoms with E-state index in [0.29, 0.717) is 5.41 Å². The van der Waals surface area contributed by atoms with Crippen LogP contribution in [0.2, 0.25) is 0 Å². The Balaban J connectivity index is 1.88. The van der Waals surface area contributed by atoms with Gasteiger partial charge in [-0.05, 0) is 63.7 Å². The number of fused-ring (bicyclic) bond motifs is 1. The van der Waals surface area contributed by atoms with Gasteiger partial charge in [0.1, 0.15) is 0 Å². The Hall–Kier alpha value is -0.520. The van der Waals surface area contributed by atoms with Gasteiger partial charge in [-0.25, -0.2) is 0 Å². The summed E-state index contributed by atoms with van der Waals surface area (Å²) in [7, 11) is 0. The first-order valence-electron chi connectivity index (χ1n) is 6.33. The maximum absolute atomic E-state index is 2.51. The normalized spacial score (nSPS) is 38.0. The van der Waals surface area contributed by atoms with Crippen LogP contribution in [-0.4, -0.2) is 0 Å². The predicted molar refractivity (Wildman–Crippen MR) is 66.7 cm³/mol. The lowest BCUT2D eigenvalue weighted by atomic mass is 9.96. The molecule has 15 heavy (non-hydrogen) atoms. The summed E-state index contributed by atoms with van der Waals surface area (Å²) < 4.78 is 0. The average molecular weight is 204 g/mol. The van der Waals surface area contributed by atoms with E-state index >= 15 is 0 Å². The van der Waals surface area contributed by atoms with Gasteiger partial charge in [0.25, 0.3) is 0 Å². The number of allylic oxidation sites excluding steroid dienone is 4. The lowest BCUT2D eigenvalue weighted by molar-refractivity contribution is 0.445. The highest BCUT2D eigenvalue weighted by Crippen LogP contribution is 2.67. The monoisotopic (exact) mass is 204 g/mol. The van der Waals surface area contributed by atoms with Crippen molar-refractivity contribution in [1.29, 1.82) is 0 Å². The fourth-order valence-electron chi connectivity index (χ4n) is 3.37. The highest BCUT2D eigenvalue weighted by Gasteiger charge is 2.59. The molecule has 0 amide bonds. The molecule has 0 bridgehead atoms. The van der Waals surface area contributed by atoms with E-state index in [9.17, 15) is 0 Å². The van der Waals surface area contributed by atoms with Crippen LogP contribution >= 0.6 is 0 Å². The van der Waals surface area contributed by atoms with Gasteiger partial charge >= 0.3 is 0 Å². The van der Waals surface area contributed by atoms with Crippen molar-refractivity contribution in [1.82, 2.24) is 0 Å². The minimum atomic E-state index is 0.667. The SMILES string of the molecule is CC(C)=CCC[C@@]1(C)[C@@H]2CC(C)=CC[C@@H]21. The van der Waals surface area contributed by atoms with Crippen LogP contribution in [-0.2, 0) is 0 Å². The summed E-state index contributed by atoms with van der Waals surface area (Å²) in [5, 5.41) is 0. The molecule has 2 aliphatic carbocycles. The molecule has 0 aromatic heterocycles. The van der Waals surface area contributed by atoms with Gasteiger partial charge in [-0.3, -0.25) is 0 Å². The molecule has 1 saturated carbocycles. The van der Waals surface area contributed by atoms with Gasteiger partial charge in [-0.1, -0.05) is 30.2 Å². The molecule has 0 N–H and O–H groups in total. The lowest BCUT2D eigenvalue weighted by Crippen LogP contribution is -1.98. The molecule has 0 heterocycles. The van der Waals surface area contributed by atoms with Crippen LogP contribution in [0.5, 0.6) is 0 Å². The van der Waals surface area contributed by atoms with Crippen molar-refractivity contribution in [2.24, 2.45) is 17.3 Å². The molecular formula is C15H24. The summed E-state index contributed by atoms with van der Waals surface area (Å²) in [6.07, 6.45) is 10.3. The Kier molecular flexibility index (Phi) is 2.79. The third kappa shape index (κ3) is 2.04. The molecule has 84 valence electrons. The quantitative estimate of drug-likeness (QED) is 0.583. The molecule has 0 aromatic carbocycles. The average Bonchev–Trinajstić information content (AvgIpc) is 2.71. The largest absolute Gasteiger partial charge is 0.0859 e. The van der Waals surface area contributed by atoms with Crippen LogP contribution in [0.15, 0.2) is 23.3 Å². The summed E-state index contributed by atoms with van der Waals surface area (Å²) in [4.78, 5) is 0. The van der Waals surface area contributed by atoms with Crippen molar-refractivity contribution in [2.45, 2.75) is 53.4 Å². The van der Waals surface area contributed by atoms with Crippen LogP contribution < -0.4 is 0 Å². The molecule has 0 unspecified atom stereocenters. The van der Waals surface area contributed by atoms with E-state index in [4.69, 9.17) is 0 Å². The van der Waals surface area contributed by atoms with E-state index in [1.807, 2.05) is 0 Å². The van der Waals surface area contributed by atoms with E-state index in [2.05, 4.69) is 39.8 Å². The van der Waals surface area contributed by atoms with Gasteiger partial charge in [-0.2, -0.15) is 0 Å². The molecule has 3 atom stereocenters. The Labute approximate surface area is 94.5 Å². The molecule has 2 rings (SSSR count). The smallest absolute Gasteiger partial charge is 0.0254 e. The minimum Gasteiger partial charge on any atom is -0.0859 e. The zero-order chi connectivity index (χ0) is 11.1. The predicted octanol–water partition coefficient (Wildman–Crippen LogP) is 4.73. The topological polar surface area (TPSA) is 0 Å². The third-order valence-electron chi connectivity index (χ3n) is 4.57. The number of rotatable bonds is 3. The van der Waals surface area contributed by atoms with Crippen molar-refractivity contribution >= 4 is 0 Å². The van der Waals surface area contributed by atoms with Gasteiger partial charge in [-0.15, -0.1) is 0 Å². The Bertz CT molecular complexity index is 304. The zero-order valence-electron chi connectivity index (χ0n) is 10.6. The van der Waals surface area contributed by atoms with E-state index in [-0.39, 0.29) is 0 Å². The molecule has 0 radical (unpaired) electrons. The van der Waals surface area contributed by atoms with Crippen molar-refractivity contribution < 1.29 is 0 Å².